The zero-order chi connectivity index (χ0) is 22.2. The Labute approximate surface area is 202 Å². The zero-order valence-corrected chi connectivity index (χ0v) is 20.1. The number of amides is 1. The number of nitrogens with one attached hydrogen (secondary N) is 2. The predicted molar refractivity (Wildman–Crippen MR) is 135 cm³/mol. The number of hydrazine groups is 1. The number of hydrogen-bond donors (Lipinski definition) is 2. The van der Waals surface area contributed by atoms with Crippen molar-refractivity contribution in [1.82, 2.24) is 20.3 Å². The normalized spacial score (nSPS) is 16.8. The number of aromatic nitrogens is 1. The summed E-state index contributed by atoms with van der Waals surface area (Å²) in [6.45, 7) is 7.70. The van der Waals surface area contributed by atoms with Crippen molar-refractivity contribution in [3.8, 4) is 5.75 Å². The van der Waals surface area contributed by atoms with E-state index in [9.17, 15) is 4.79 Å². The molecule has 1 aromatic carbocycles. The molecule has 1 amide bonds. The van der Waals surface area contributed by atoms with E-state index in [1.165, 1.54) is 5.69 Å². The largest absolute Gasteiger partial charge is 0.495 e. The summed E-state index contributed by atoms with van der Waals surface area (Å²) in [5.41, 5.74) is 4.77. The maximum absolute atomic E-state index is 12.6. The van der Waals surface area contributed by atoms with Crippen LogP contribution in [-0.2, 0) is 0 Å². The van der Waals surface area contributed by atoms with Crippen molar-refractivity contribution in [2.75, 3.05) is 69.7 Å². The number of pyridine rings is 1. The maximum atomic E-state index is 12.6. The van der Waals surface area contributed by atoms with E-state index in [2.05, 4.69) is 37.7 Å². The first-order valence-electron chi connectivity index (χ1n) is 11.6. The van der Waals surface area contributed by atoms with E-state index >= 15 is 0 Å². The molecule has 1 aromatic heterocycles. The highest BCUT2D eigenvalue weighted by Gasteiger charge is 2.20. The molecule has 0 radical (unpaired) electrons. The number of piperazine rings is 1. The van der Waals surface area contributed by atoms with Gasteiger partial charge in [-0.1, -0.05) is 12.1 Å². The van der Waals surface area contributed by atoms with Crippen molar-refractivity contribution in [3.63, 3.8) is 0 Å². The minimum atomic E-state index is -0.0880. The highest BCUT2D eigenvalue weighted by Crippen LogP contribution is 2.28. The van der Waals surface area contributed by atoms with Crippen LogP contribution in [0.15, 0.2) is 42.6 Å². The number of benzene rings is 1. The van der Waals surface area contributed by atoms with Gasteiger partial charge in [0.25, 0.3) is 5.91 Å². The summed E-state index contributed by atoms with van der Waals surface area (Å²) in [6, 6.07) is 11.9. The second kappa shape index (κ2) is 12.6. The molecular weight excluding hydrogens is 440 g/mol. The number of ether oxygens (including phenoxy) is 1. The number of carbonyl (C=O) groups is 1. The van der Waals surface area contributed by atoms with Crippen LogP contribution in [-0.4, -0.2) is 80.3 Å². The SMILES string of the molecule is COc1ccccc1N1CCN(CCCNc2ncccc2C(=O)NN2CCCC2)CC1.Cl. The molecule has 2 fully saturated rings. The summed E-state index contributed by atoms with van der Waals surface area (Å²) in [5.74, 6) is 1.50. The number of rotatable bonds is 9. The van der Waals surface area contributed by atoms with Gasteiger partial charge >= 0.3 is 0 Å². The highest BCUT2D eigenvalue weighted by atomic mass is 35.5. The average molecular weight is 475 g/mol. The monoisotopic (exact) mass is 474 g/mol. The van der Waals surface area contributed by atoms with Crippen molar-refractivity contribution in [1.29, 1.82) is 0 Å². The van der Waals surface area contributed by atoms with Gasteiger partial charge in [-0.05, 0) is 50.1 Å². The first-order chi connectivity index (χ1) is 15.7. The molecule has 2 N–H and O–H groups in total. The molecule has 4 rings (SSSR count). The minimum Gasteiger partial charge on any atom is -0.495 e. The Morgan fingerprint density at radius 1 is 1.03 bits per heavy atom. The van der Waals surface area contributed by atoms with Gasteiger partial charge in [-0.2, -0.15) is 0 Å². The van der Waals surface area contributed by atoms with Gasteiger partial charge in [-0.25, -0.2) is 9.99 Å². The van der Waals surface area contributed by atoms with Crippen LogP contribution in [0, 0.1) is 0 Å². The van der Waals surface area contributed by atoms with Crippen molar-refractivity contribution < 1.29 is 9.53 Å². The van der Waals surface area contributed by atoms with Gasteiger partial charge in [0, 0.05) is 52.0 Å². The molecule has 0 bridgehead atoms. The van der Waals surface area contributed by atoms with Gasteiger partial charge in [-0.15, -0.1) is 12.4 Å². The second-order valence-electron chi connectivity index (χ2n) is 8.32. The van der Waals surface area contributed by atoms with Gasteiger partial charge in [0.15, 0.2) is 0 Å². The molecule has 0 unspecified atom stereocenters. The summed E-state index contributed by atoms with van der Waals surface area (Å²) in [7, 11) is 1.73. The Morgan fingerprint density at radius 3 is 2.55 bits per heavy atom. The molecule has 8 nitrogen and oxygen atoms in total. The second-order valence-corrected chi connectivity index (χ2v) is 8.32. The lowest BCUT2D eigenvalue weighted by Crippen LogP contribution is -2.47. The summed E-state index contributed by atoms with van der Waals surface area (Å²) in [4.78, 5) is 21.9. The van der Waals surface area contributed by atoms with Crippen molar-refractivity contribution >= 4 is 29.8 Å². The van der Waals surface area contributed by atoms with Crippen LogP contribution in [0.5, 0.6) is 5.75 Å². The molecule has 0 atom stereocenters. The van der Waals surface area contributed by atoms with Crippen LogP contribution < -0.4 is 20.4 Å². The Balaban J connectivity index is 0.00000306. The third-order valence-electron chi connectivity index (χ3n) is 6.16. The average Bonchev–Trinajstić information content (AvgIpc) is 3.35. The standard InChI is InChI=1S/C24H34N6O2.ClH/c1-32-22-10-3-2-9-21(22)29-18-16-28(17-19-29)13-7-12-26-23-20(8-6-11-25-23)24(31)27-30-14-4-5-15-30;/h2-3,6,8-11H,4-5,7,12-19H2,1H3,(H,25,26)(H,27,31);1H. The molecule has 9 heteroatoms. The number of carbonyl (C=O) groups excluding carboxylic acids is 1. The van der Waals surface area contributed by atoms with Crippen molar-refractivity contribution in [2.24, 2.45) is 0 Å². The minimum absolute atomic E-state index is 0. The van der Waals surface area contributed by atoms with Gasteiger partial charge in [0.2, 0.25) is 0 Å². The van der Waals surface area contributed by atoms with E-state index in [0.29, 0.717) is 11.4 Å². The molecule has 2 aliphatic rings. The first-order valence-corrected chi connectivity index (χ1v) is 11.6. The van der Waals surface area contributed by atoms with Crippen LogP contribution in [0.2, 0.25) is 0 Å². The highest BCUT2D eigenvalue weighted by molar-refractivity contribution is 5.98. The number of para-hydroxylation sites is 2. The Bertz CT molecular complexity index is 885. The summed E-state index contributed by atoms with van der Waals surface area (Å²) >= 11 is 0. The molecule has 2 saturated heterocycles. The van der Waals surface area contributed by atoms with E-state index in [-0.39, 0.29) is 18.3 Å². The third-order valence-corrected chi connectivity index (χ3v) is 6.16. The molecule has 3 heterocycles. The van der Waals surface area contributed by atoms with Crippen LogP contribution in [0.25, 0.3) is 0 Å². The Kier molecular flexibility index (Phi) is 9.60. The molecule has 0 spiro atoms. The lowest BCUT2D eigenvalue weighted by molar-refractivity contribution is 0.0826. The maximum Gasteiger partial charge on any atom is 0.269 e. The van der Waals surface area contributed by atoms with E-state index in [1.54, 1.807) is 13.3 Å². The molecule has 2 aliphatic heterocycles. The lowest BCUT2D eigenvalue weighted by atomic mass is 10.2. The lowest BCUT2D eigenvalue weighted by Gasteiger charge is -2.36. The van der Waals surface area contributed by atoms with Gasteiger partial charge in [0.1, 0.15) is 11.6 Å². The number of nitrogens with zero attached hydrogens (tertiary/aromatic N) is 4. The predicted octanol–water partition coefficient (Wildman–Crippen LogP) is 2.88. The fourth-order valence-electron chi connectivity index (χ4n) is 4.38. The van der Waals surface area contributed by atoms with E-state index in [4.69, 9.17) is 4.74 Å². The third kappa shape index (κ3) is 6.72. The van der Waals surface area contributed by atoms with Gasteiger partial charge in [0.05, 0.1) is 18.4 Å². The number of hydrogen-bond acceptors (Lipinski definition) is 7. The number of methoxy groups -OCH3 is 1. The van der Waals surface area contributed by atoms with E-state index in [1.807, 2.05) is 29.3 Å². The van der Waals surface area contributed by atoms with Crippen LogP contribution in [0.4, 0.5) is 11.5 Å². The molecular formula is C24H35ClN6O2. The zero-order valence-electron chi connectivity index (χ0n) is 19.3. The van der Waals surface area contributed by atoms with Gasteiger partial charge in [-0.3, -0.25) is 15.1 Å². The quantitative estimate of drug-likeness (QED) is 0.541. The Hall–Kier alpha value is -2.55. The van der Waals surface area contributed by atoms with Crippen molar-refractivity contribution in [3.05, 3.63) is 48.2 Å². The molecule has 180 valence electrons. The smallest absolute Gasteiger partial charge is 0.269 e. The fraction of sp³-hybridized carbons (Fsp3) is 0.500. The molecule has 33 heavy (non-hydrogen) atoms. The van der Waals surface area contributed by atoms with Crippen molar-refractivity contribution in [2.45, 2.75) is 19.3 Å². The van der Waals surface area contributed by atoms with Crippen LogP contribution in [0.3, 0.4) is 0 Å². The molecule has 0 aliphatic carbocycles. The van der Waals surface area contributed by atoms with E-state index in [0.717, 1.165) is 77.4 Å². The topological polar surface area (TPSA) is 73.0 Å². The van der Waals surface area contributed by atoms with E-state index < -0.39 is 0 Å². The Morgan fingerprint density at radius 2 is 1.79 bits per heavy atom. The summed E-state index contributed by atoms with van der Waals surface area (Å²) in [5, 5.41) is 5.35. The van der Waals surface area contributed by atoms with Gasteiger partial charge < -0.3 is 15.0 Å². The summed E-state index contributed by atoms with van der Waals surface area (Å²) < 4.78 is 5.51. The number of halogens is 1. The first kappa shape index (κ1) is 25.1. The molecule has 2 aromatic rings. The van der Waals surface area contributed by atoms with Crippen LogP contribution in [0.1, 0.15) is 29.6 Å². The molecule has 0 saturated carbocycles. The number of anilines is 2. The summed E-state index contributed by atoms with van der Waals surface area (Å²) in [6.07, 6.45) is 4.99. The van der Waals surface area contributed by atoms with Crippen LogP contribution >= 0.6 is 12.4 Å². The fourth-order valence-corrected chi connectivity index (χ4v) is 4.38.